The predicted octanol–water partition coefficient (Wildman–Crippen LogP) is 1.19. The SMILES string of the molecule is CC(=O)N1CCC(NC(=O)NC[C@@H](c2ccco2)N(C)C)CC1. The van der Waals surface area contributed by atoms with Gasteiger partial charge in [0.2, 0.25) is 5.91 Å². The van der Waals surface area contributed by atoms with Crippen LogP contribution in [-0.2, 0) is 4.79 Å². The summed E-state index contributed by atoms with van der Waals surface area (Å²) in [4.78, 5) is 27.2. The number of piperidine rings is 1. The molecule has 1 aliphatic heterocycles. The van der Waals surface area contributed by atoms with Crippen LogP contribution in [0.3, 0.4) is 0 Å². The Balaban J connectivity index is 1.75. The molecule has 1 saturated heterocycles. The van der Waals surface area contributed by atoms with Gasteiger partial charge in [0.15, 0.2) is 0 Å². The minimum Gasteiger partial charge on any atom is -0.468 e. The fourth-order valence-electron chi connectivity index (χ4n) is 2.78. The molecule has 0 unspecified atom stereocenters. The number of hydrogen-bond donors (Lipinski definition) is 2. The number of nitrogens with zero attached hydrogens (tertiary/aromatic N) is 2. The van der Waals surface area contributed by atoms with Gasteiger partial charge in [-0.05, 0) is 39.1 Å². The number of hydrogen-bond acceptors (Lipinski definition) is 4. The molecule has 0 radical (unpaired) electrons. The van der Waals surface area contributed by atoms with Gasteiger partial charge in [0.25, 0.3) is 0 Å². The van der Waals surface area contributed by atoms with Crippen LogP contribution in [0.4, 0.5) is 4.79 Å². The van der Waals surface area contributed by atoms with Crippen LogP contribution >= 0.6 is 0 Å². The highest BCUT2D eigenvalue weighted by atomic mass is 16.3. The van der Waals surface area contributed by atoms with E-state index in [-0.39, 0.29) is 24.0 Å². The maximum absolute atomic E-state index is 12.1. The van der Waals surface area contributed by atoms with Crippen molar-refractivity contribution in [1.29, 1.82) is 0 Å². The van der Waals surface area contributed by atoms with E-state index >= 15 is 0 Å². The van der Waals surface area contributed by atoms with Crippen molar-refractivity contribution in [2.75, 3.05) is 33.7 Å². The van der Waals surface area contributed by atoms with Gasteiger partial charge in [0.1, 0.15) is 5.76 Å². The van der Waals surface area contributed by atoms with Gasteiger partial charge in [0, 0.05) is 32.6 Å². The number of likely N-dealkylation sites (tertiary alicyclic amines) is 1. The molecule has 23 heavy (non-hydrogen) atoms. The zero-order valence-electron chi connectivity index (χ0n) is 14.0. The number of carbonyl (C=O) groups excluding carboxylic acids is 2. The van der Waals surface area contributed by atoms with Crippen LogP contribution in [0.2, 0.25) is 0 Å². The number of urea groups is 1. The summed E-state index contributed by atoms with van der Waals surface area (Å²) < 4.78 is 5.42. The lowest BCUT2D eigenvalue weighted by Gasteiger charge is -2.32. The summed E-state index contributed by atoms with van der Waals surface area (Å²) >= 11 is 0. The number of carbonyl (C=O) groups is 2. The van der Waals surface area contributed by atoms with E-state index in [1.54, 1.807) is 13.2 Å². The molecule has 1 fully saturated rings. The average Bonchev–Trinajstić information content (AvgIpc) is 3.01. The Morgan fingerprint density at radius 1 is 1.39 bits per heavy atom. The summed E-state index contributed by atoms with van der Waals surface area (Å²) in [5, 5.41) is 5.88. The van der Waals surface area contributed by atoms with Crippen molar-refractivity contribution in [3.63, 3.8) is 0 Å². The van der Waals surface area contributed by atoms with Crippen LogP contribution in [0.25, 0.3) is 0 Å². The fraction of sp³-hybridized carbons (Fsp3) is 0.625. The standard InChI is InChI=1S/C16H26N4O3/c1-12(21)20-8-6-13(7-9-20)18-16(22)17-11-14(19(2)3)15-5-4-10-23-15/h4-5,10,13-14H,6-9,11H2,1-3H3,(H2,17,18,22)/t14-/m0/s1. The third-order valence-corrected chi connectivity index (χ3v) is 4.23. The smallest absolute Gasteiger partial charge is 0.315 e. The Bertz CT molecular complexity index is 507. The zero-order valence-corrected chi connectivity index (χ0v) is 14.0. The summed E-state index contributed by atoms with van der Waals surface area (Å²) in [5.41, 5.74) is 0. The first-order valence-electron chi connectivity index (χ1n) is 7.97. The molecule has 7 heteroatoms. The number of nitrogens with one attached hydrogen (secondary N) is 2. The largest absolute Gasteiger partial charge is 0.468 e. The van der Waals surface area contributed by atoms with E-state index < -0.39 is 0 Å². The normalized spacial score (nSPS) is 17.1. The van der Waals surface area contributed by atoms with E-state index in [4.69, 9.17) is 4.42 Å². The van der Waals surface area contributed by atoms with Crippen molar-refractivity contribution in [2.45, 2.75) is 31.8 Å². The first-order chi connectivity index (χ1) is 11.0. The van der Waals surface area contributed by atoms with Crippen molar-refractivity contribution in [1.82, 2.24) is 20.4 Å². The van der Waals surface area contributed by atoms with Gasteiger partial charge in [-0.3, -0.25) is 9.69 Å². The van der Waals surface area contributed by atoms with Gasteiger partial charge in [-0.2, -0.15) is 0 Å². The van der Waals surface area contributed by atoms with Crippen LogP contribution in [0.5, 0.6) is 0 Å². The van der Waals surface area contributed by atoms with Gasteiger partial charge in [-0.1, -0.05) is 0 Å². The van der Waals surface area contributed by atoms with Crippen LogP contribution in [0, 0.1) is 0 Å². The maximum atomic E-state index is 12.1. The quantitative estimate of drug-likeness (QED) is 0.854. The minimum absolute atomic E-state index is 0.00434. The summed E-state index contributed by atoms with van der Waals surface area (Å²) in [7, 11) is 3.90. The highest BCUT2D eigenvalue weighted by molar-refractivity contribution is 5.75. The first kappa shape index (κ1) is 17.3. The molecule has 1 atom stereocenters. The molecule has 7 nitrogen and oxygen atoms in total. The van der Waals surface area contributed by atoms with E-state index in [1.807, 2.05) is 36.0 Å². The molecule has 2 N–H and O–H groups in total. The second-order valence-corrected chi connectivity index (χ2v) is 6.13. The van der Waals surface area contributed by atoms with Gasteiger partial charge < -0.3 is 20.0 Å². The summed E-state index contributed by atoms with van der Waals surface area (Å²) in [5.74, 6) is 0.922. The van der Waals surface area contributed by atoms with E-state index in [0.717, 1.165) is 18.6 Å². The summed E-state index contributed by atoms with van der Waals surface area (Å²) in [6, 6.07) is 3.68. The molecule has 1 aromatic rings. The molecule has 0 saturated carbocycles. The van der Waals surface area contributed by atoms with Crippen molar-refractivity contribution in [3.05, 3.63) is 24.2 Å². The molecule has 0 aromatic carbocycles. The highest BCUT2D eigenvalue weighted by Gasteiger charge is 2.23. The van der Waals surface area contributed by atoms with Gasteiger partial charge in [-0.25, -0.2) is 4.79 Å². The van der Waals surface area contributed by atoms with E-state index in [1.165, 1.54) is 0 Å². The second-order valence-electron chi connectivity index (χ2n) is 6.13. The molecule has 0 bridgehead atoms. The first-order valence-corrected chi connectivity index (χ1v) is 7.97. The van der Waals surface area contributed by atoms with Gasteiger partial charge in [-0.15, -0.1) is 0 Å². The Labute approximate surface area is 137 Å². The average molecular weight is 322 g/mol. The topological polar surface area (TPSA) is 77.8 Å². The van der Waals surface area contributed by atoms with Crippen molar-refractivity contribution in [2.24, 2.45) is 0 Å². The lowest BCUT2D eigenvalue weighted by atomic mass is 10.1. The summed E-state index contributed by atoms with van der Waals surface area (Å²) in [6.45, 7) is 3.45. The van der Waals surface area contributed by atoms with Crippen LogP contribution < -0.4 is 10.6 Å². The molecule has 0 spiro atoms. The van der Waals surface area contributed by atoms with E-state index in [9.17, 15) is 9.59 Å². The Morgan fingerprint density at radius 2 is 2.09 bits per heavy atom. The molecule has 1 aromatic heterocycles. The minimum atomic E-state index is -0.176. The number of likely N-dealkylation sites (N-methyl/N-ethyl adjacent to an activating group) is 1. The Kier molecular flexibility index (Phi) is 6.04. The van der Waals surface area contributed by atoms with Crippen LogP contribution in [0.15, 0.2) is 22.8 Å². The lowest BCUT2D eigenvalue weighted by Crippen LogP contribution is -2.49. The lowest BCUT2D eigenvalue weighted by molar-refractivity contribution is -0.129. The monoisotopic (exact) mass is 322 g/mol. The second kappa shape index (κ2) is 8.01. The van der Waals surface area contributed by atoms with Crippen molar-refractivity contribution < 1.29 is 14.0 Å². The number of rotatable bonds is 5. The number of furan rings is 1. The van der Waals surface area contributed by atoms with Crippen molar-refractivity contribution in [3.8, 4) is 0 Å². The van der Waals surface area contributed by atoms with Crippen molar-refractivity contribution >= 4 is 11.9 Å². The van der Waals surface area contributed by atoms with E-state index in [2.05, 4.69) is 10.6 Å². The van der Waals surface area contributed by atoms with Gasteiger partial charge >= 0.3 is 6.03 Å². The molecule has 1 aliphatic rings. The highest BCUT2D eigenvalue weighted by Crippen LogP contribution is 2.17. The van der Waals surface area contributed by atoms with Crippen LogP contribution in [-0.4, -0.2) is 61.5 Å². The maximum Gasteiger partial charge on any atom is 0.315 e. The van der Waals surface area contributed by atoms with Gasteiger partial charge in [0.05, 0.1) is 12.3 Å². The molecule has 2 heterocycles. The molecular weight excluding hydrogens is 296 g/mol. The molecule has 0 aliphatic carbocycles. The molecular formula is C16H26N4O3. The summed E-state index contributed by atoms with van der Waals surface area (Å²) in [6.07, 6.45) is 3.22. The Hall–Kier alpha value is -2.02. The fourth-order valence-corrected chi connectivity index (χ4v) is 2.78. The Morgan fingerprint density at radius 3 is 2.61 bits per heavy atom. The third-order valence-electron chi connectivity index (χ3n) is 4.23. The zero-order chi connectivity index (χ0) is 16.8. The molecule has 2 rings (SSSR count). The third kappa shape index (κ3) is 4.99. The van der Waals surface area contributed by atoms with E-state index in [0.29, 0.717) is 19.6 Å². The molecule has 128 valence electrons. The number of amides is 3. The predicted molar refractivity (Wildman–Crippen MR) is 86.9 cm³/mol. The van der Waals surface area contributed by atoms with Crippen LogP contribution in [0.1, 0.15) is 31.6 Å². The molecule has 3 amide bonds.